The zero-order valence-corrected chi connectivity index (χ0v) is 9.93. The fourth-order valence-electron chi connectivity index (χ4n) is 1.70. The number of hydrogen-bond acceptors (Lipinski definition) is 4. The van der Waals surface area contributed by atoms with E-state index in [-0.39, 0.29) is 7.12 Å². The van der Waals surface area contributed by atoms with Gasteiger partial charge in [-0.1, -0.05) is 12.1 Å². The molecular formula is C12H15BN2O2. The Bertz CT molecular complexity index is 392. The van der Waals surface area contributed by atoms with Crippen molar-refractivity contribution < 1.29 is 9.31 Å². The minimum Gasteiger partial charge on any atom is -0.406 e. The Morgan fingerprint density at radius 1 is 1.18 bits per heavy atom. The third-order valence-corrected chi connectivity index (χ3v) is 2.80. The van der Waals surface area contributed by atoms with Crippen LogP contribution < -0.4 is 5.46 Å². The Morgan fingerprint density at radius 2 is 1.76 bits per heavy atom. The van der Waals surface area contributed by atoms with Crippen molar-refractivity contribution in [1.29, 1.82) is 5.26 Å². The first-order chi connectivity index (χ1) is 8.29. The number of benzene rings is 1. The molecule has 1 aromatic carbocycles. The van der Waals surface area contributed by atoms with E-state index >= 15 is 0 Å². The highest BCUT2D eigenvalue weighted by Gasteiger charge is 2.23. The molecule has 0 bridgehead atoms. The Hall–Kier alpha value is -1.35. The van der Waals surface area contributed by atoms with Crippen LogP contribution in [-0.4, -0.2) is 45.4 Å². The molecule has 1 saturated heterocycles. The molecule has 88 valence electrons. The van der Waals surface area contributed by atoms with E-state index in [1.165, 1.54) is 0 Å². The van der Waals surface area contributed by atoms with Crippen LogP contribution in [0.15, 0.2) is 24.3 Å². The normalized spacial score (nSPS) is 18.2. The van der Waals surface area contributed by atoms with Gasteiger partial charge in [0.25, 0.3) is 0 Å². The summed E-state index contributed by atoms with van der Waals surface area (Å²) in [4.78, 5) is 2.18. The average molecular weight is 230 g/mol. The van der Waals surface area contributed by atoms with E-state index in [2.05, 4.69) is 18.0 Å². The molecule has 0 N–H and O–H groups in total. The number of likely N-dealkylation sites (N-methyl/N-ethyl adjacent to an activating group) is 1. The van der Waals surface area contributed by atoms with Gasteiger partial charge < -0.3 is 14.2 Å². The van der Waals surface area contributed by atoms with Gasteiger partial charge in [0.05, 0.1) is 11.6 Å². The Balaban J connectivity index is 2.02. The summed E-state index contributed by atoms with van der Waals surface area (Å²) in [6, 6.07) is 9.43. The summed E-state index contributed by atoms with van der Waals surface area (Å²) < 4.78 is 11.3. The van der Waals surface area contributed by atoms with Crippen LogP contribution >= 0.6 is 0 Å². The van der Waals surface area contributed by atoms with Gasteiger partial charge in [-0.2, -0.15) is 5.26 Å². The second kappa shape index (κ2) is 5.83. The monoisotopic (exact) mass is 230 g/mol. The van der Waals surface area contributed by atoms with E-state index in [9.17, 15) is 0 Å². The van der Waals surface area contributed by atoms with Gasteiger partial charge in [-0.25, -0.2) is 0 Å². The van der Waals surface area contributed by atoms with E-state index in [0.29, 0.717) is 18.8 Å². The van der Waals surface area contributed by atoms with Crippen molar-refractivity contribution in [2.24, 2.45) is 0 Å². The van der Waals surface area contributed by atoms with Crippen molar-refractivity contribution >= 4 is 12.6 Å². The molecule has 2 rings (SSSR count). The van der Waals surface area contributed by atoms with Crippen molar-refractivity contribution in [3.8, 4) is 6.07 Å². The lowest BCUT2D eigenvalue weighted by molar-refractivity contribution is 0.132. The molecule has 0 unspecified atom stereocenters. The van der Waals surface area contributed by atoms with Crippen molar-refractivity contribution in [2.75, 3.05) is 33.4 Å². The summed E-state index contributed by atoms with van der Waals surface area (Å²) in [7, 11) is 1.74. The molecule has 1 aliphatic heterocycles. The Kier molecular flexibility index (Phi) is 4.15. The van der Waals surface area contributed by atoms with Gasteiger partial charge in [0.1, 0.15) is 0 Å². The predicted octanol–water partition coefficient (Wildman–Crippen LogP) is 0.232. The number of rotatable bonds is 1. The first-order valence-corrected chi connectivity index (χ1v) is 5.71. The molecule has 1 aromatic rings. The highest BCUT2D eigenvalue weighted by atomic mass is 16.6. The van der Waals surface area contributed by atoms with Crippen LogP contribution in [0.1, 0.15) is 5.56 Å². The largest absolute Gasteiger partial charge is 0.493 e. The van der Waals surface area contributed by atoms with E-state index in [4.69, 9.17) is 14.6 Å². The fraction of sp³-hybridized carbons (Fsp3) is 0.417. The third-order valence-electron chi connectivity index (χ3n) is 2.80. The van der Waals surface area contributed by atoms with Gasteiger partial charge in [0.15, 0.2) is 0 Å². The maximum Gasteiger partial charge on any atom is 0.493 e. The molecule has 17 heavy (non-hydrogen) atoms. The van der Waals surface area contributed by atoms with Crippen LogP contribution in [0.3, 0.4) is 0 Å². The van der Waals surface area contributed by atoms with Gasteiger partial charge >= 0.3 is 7.12 Å². The maximum absolute atomic E-state index is 8.73. The van der Waals surface area contributed by atoms with E-state index in [1.54, 1.807) is 12.1 Å². The van der Waals surface area contributed by atoms with Crippen molar-refractivity contribution in [1.82, 2.24) is 4.90 Å². The lowest BCUT2D eigenvalue weighted by Gasteiger charge is -2.23. The molecular weight excluding hydrogens is 215 g/mol. The van der Waals surface area contributed by atoms with E-state index in [1.807, 2.05) is 12.1 Å². The highest BCUT2D eigenvalue weighted by Crippen LogP contribution is 2.00. The quantitative estimate of drug-likeness (QED) is 0.648. The van der Waals surface area contributed by atoms with Crippen molar-refractivity contribution in [3.63, 3.8) is 0 Å². The Morgan fingerprint density at radius 3 is 2.29 bits per heavy atom. The first-order valence-electron chi connectivity index (χ1n) is 5.71. The van der Waals surface area contributed by atoms with Crippen LogP contribution in [0.4, 0.5) is 0 Å². The van der Waals surface area contributed by atoms with Crippen molar-refractivity contribution in [2.45, 2.75) is 0 Å². The molecule has 0 spiro atoms. The zero-order valence-electron chi connectivity index (χ0n) is 9.93. The molecule has 4 nitrogen and oxygen atoms in total. The summed E-state index contributed by atoms with van der Waals surface area (Å²) in [6.07, 6.45) is 0. The van der Waals surface area contributed by atoms with Gasteiger partial charge in [-0.15, -0.1) is 0 Å². The average Bonchev–Trinajstić information content (AvgIpc) is 2.34. The smallest absolute Gasteiger partial charge is 0.406 e. The molecule has 0 atom stereocenters. The SMILES string of the molecule is CN1CCOB(c2ccc(C#N)cc2)OCC1. The van der Waals surface area contributed by atoms with Crippen LogP contribution in [0.5, 0.6) is 0 Å². The second-order valence-corrected chi connectivity index (χ2v) is 4.11. The number of hydrogen-bond donors (Lipinski definition) is 0. The summed E-state index contributed by atoms with van der Waals surface area (Å²) in [6.45, 7) is 3.13. The fourth-order valence-corrected chi connectivity index (χ4v) is 1.70. The molecule has 1 aliphatic rings. The summed E-state index contributed by atoms with van der Waals surface area (Å²) in [5.41, 5.74) is 1.62. The topological polar surface area (TPSA) is 45.5 Å². The maximum atomic E-state index is 8.73. The van der Waals surface area contributed by atoms with Crippen LogP contribution in [0.25, 0.3) is 0 Å². The van der Waals surface area contributed by atoms with E-state index < -0.39 is 0 Å². The molecule has 0 amide bonds. The van der Waals surface area contributed by atoms with Crippen LogP contribution in [0, 0.1) is 11.3 Å². The lowest BCUT2D eigenvalue weighted by atomic mass is 9.78. The van der Waals surface area contributed by atoms with Crippen molar-refractivity contribution in [3.05, 3.63) is 29.8 Å². The first kappa shape index (κ1) is 12.1. The minimum absolute atomic E-state index is 0.309. The van der Waals surface area contributed by atoms with Crippen LogP contribution in [-0.2, 0) is 9.31 Å². The van der Waals surface area contributed by atoms with Gasteiger partial charge in [-0.05, 0) is 24.6 Å². The minimum atomic E-state index is -0.309. The highest BCUT2D eigenvalue weighted by molar-refractivity contribution is 6.61. The summed E-state index contributed by atoms with van der Waals surface area (Å²) >= 11 is 0. The molecule has 0 aromatic heterocycles. The zero-order chi connectivity index (χ0) is 12.1. The molecule has 5 heteroatoms. The second-order valence-electron chi connectivity index (χ2n) is 4.11. The third kappa shape index (κ3) is 3.30. The number of nitriles is 1. The molecule has 0 radical (unpaired) electrons. The lowest BCUT2D eigenvalue weighted by Crippen LogP contribution is -2.43. The summed E-state index contributed by atoms with van der Waals surface area (Å²) in [5, 5.41) is 8.73. The predicted molar refractivity (Wildman–Crippen MR) is 65.9 cm³/mol. The standard InChI is InChI=1S/C12H15BN2O2/c1-15-6-8-16-13(17-9-7-15)12-4-2-11(10-14)3-5-12/h2-5H,6-9H2,1H3. The Labute approximate surface area is 102 Å². The van der Waals surface area contributed by atoms with Gasteiger partial charge in [-0.3, -0.25) is 0 Å². The van der Waals surface area contributed by atoms with Gasteiger partial charge in [0.2, 0.25) is 0 Å². The molecule has 0 aliphatic carbocycles. The van der Waals surface area contributed by atoms with Crippen LogP contribution in [0.2, 0.25) is 0 Å². The molecule has 1 heterocycles. The summed E-state index contributed by atoms with van der Waals surface area (Å²) in [5.74, 6) is 0. The number of nitrogens with zero attached hydrogens (tertiary/aromatic N) is 2. The van der Waals surface area contributed by atoms with E-state index in [0.717, 1.165) is 18.6 Å². The molecule has 0 saturated carbocycles. The van der Waals surface area contributed by atoms with Gasteiger partial charge in [0, 0.05) is 26.3 Å². The molecule has 1 fully saturated rings.